The Morgan fingerprint density at radius 2 is 2.18 bits per heavy atom. The molecule has 0 radical (unpaired) electrons. The number of nitrogens with one attached hydrogen (secondary N) is 2. The third-order valence-electron chi connectivity index (χ3n) is 3.81. The Hall–Kier alpha value is -2.55. The van der Waals surface area contributed by atoms with E-state index in [9.17, 15) is 19.5 Å². The Bertz CT molecular complexity index is 623. The molecule has 3 aliphatic rings. The summed E-state index contributed by atoms with van der Waals surface area (Å²) in [4.78, 5) is 39.9. The highest BCUT2D eigenvalue weighted by atomic mass is 16.7. The number of carbonyl (C=O) groups excluding carboxylic acids is 2. The molecule has 0 bridgehead atoms. The number of fused-ring (bicyclic) bond motifs is 2. The molecule has 9 heteroatoms. The van der Waals surface area contributed by atoms with Gasteiger partial charge in [-0.3, -0.25) is 14.4 Å². The maximum absolute atomic E-state index is 12.0. The normalized spacial score (nSPS) is 23.9. The summed E-state index contributed by atoms with van der Waals surface area (Å²) < 4.78 is 0. The Labute approximate surface area is 125 Å². The Balaban J connectivity index is 1.94. The van der Waals surface area contributed by atoms with Crippen molar-refractivity contribution in [3.63, 3.8) is 0 Å². The van der Waals surface area contributed by atoms with Gasteiger partial charge in [-0.2, -0.15) is 5.17 Å². The van der Waals surface area contributed by atoms with Crippen LogP contribution in [0.2, 0.25) is 0 Å². The molecule has 22 heavy (non-hydrogen) atoms. The molecule has 4 N–H and O–H groups in total. The fourth-order valence-corrected chi connectivity index (χ4v) is 2.84. The molecule has 2 aliphatic heterocycles. The van der Waals surface area contributed by atoms with Crippen molar-refractivity contribution in [3.8, 4) is 0 Å². The third-order valence-corrected chi connectivity index (χ3v) is 3.81. The number of nitrogens with zero attached hydrogens (tertiary/aromatic N) is 1. The lowest BCUT2D eigenvalue weighted by atomic mass is 9.90. The number of amides is 2. The number of hydroxylamine groups is 1. The van der Waals surface area contributed by atoms with E-state index in [0.29, 0.717) is 6.42 Å². The zero-order chi connectivity index (χ0) is 15.9. The van der Waals surface area contributed by atoms with Crippen LogP contribution in [0.1, 0.15) is 25.7 Å². The van der Waals surface area contributed by atoms with Crippen LogP contribution in [0.5, 0.6) is 0 Å². The topological polar surface area (TPSA) is 128 Å². The van der Waals surface area contributed by atoms with Gasteiger partial charge in [-0.05, 0) is 24.8 Å². The molecule has 0 saturated heterocycles. The standard InChI is InChI=1S/C13H15N3O6/c17-8(18)5-14-12(20)9-11(19)10-6-3-1-2-4-7(6)22-16(10)15-13(9)21/h7,19H,1-5H2,(H,14,20)(H,15,21)(H,17,18). The fraction of sp³-hybridized carbons (Fsp3) is 0.462. The summed E-state index contributed by atoms with van der Waals surface area (Å²) in [6.07, 6.45) is 3.20. The summed E-state index contributed by atoms with van der Waals surface area (Å²) in [5.74, 6) is -3.51. The number of aliphatic carboxylic acids is 1. The van der Waals surface area contributed by atoms with Crippen LogP contribution in [0.25, 0.3) is 0 Å². The molecule has 1 fully saturated rings. The fourth-order valence-electron chi connectivity index (χ4n) is 2.84. The van der Waals surface area contributed by atoms with E-state index in [2.05, 4.69) is 10.7 Å². The predicted octanol–water partition coefficient (Wildman–Crippen LogP) is -0.512. The summed E-state index contributed by atoms with van der Waals surface area (Å²) in [5, 5.41) is 22.0. The third kappa shape index (κ3) is 2.29. The van der Waals surface area contributed by atoms with Crippen molar-refractivity contribution in [2.24, 2.45) is 0 Å². The number of carbonyl (C=O) groups is 3. The van der Waals surface area contributed by atoms with Gasteiger partial charge >= 0.3 is 5.97 Å². The SMILES string of the molecule is O=C(O)CNC(=O)C1=C(O)C2=C3CCCCC3ON2NC1=O. The average molecular weight is 309 g/mol. The second-order valence-corrected chi connectivity index (χ2v) is 5.25. The highest BCUT2D eigenvalue weighted by Crippen LogP contribution is 2.40. The molecule has 1 unspecified atom stereocenters. The minimum atomic E-state index is -1.25. The van der Waals surface area contributed by atoms with E-state index in [1.165, 1.54) is 0 Å². The van der Waals surface area contributed by atoms with Gasteiger partial charge in [0, 0.05) is 0 Å². The van der Waals surface area contributed by atoms with Crippen LogP contribution >= 0.6 is 0 Å². The number of aliphatic hydroxyl groups excluding tert-OH is 1. The summed E-state index contributed by atoms with van der Waals surface area (Å²) in [6, 6.07) is 0. The van der Waals surface area contributed by atoms with E-state index >= 15 is 0 Å². The maximum atomic E-state index is 12.0. The van der Waals surface area contributed by atoms with Crippen LogP contribution in [0.15, 0.2) is 22.6 Å². The van der Waals surface area contributed by atoms with Crippen molar-refractivity contribution in [1.82, 2.24) is 15.9 Å². The molecule has 1 saturated carbocycles. The lowest BCUT2D eigenvalue weighted by molar-refractivity contribution is -0.185. The van der Waals surface area contributed by atoms with E-state index in [4.69, 9.17) is 9.94 Å². The quantitative estimate of drug-likeness (QED) is 0.517. The number of aliphatic hydroxyl groups is 1. The number of hydrogen-bond acceptors (Lipinski definition) is 6. The van der Waals surface area contributed by atoms with E-state index in [1.54, 1.807) is 0 Å². The van der Waals surface area contributed by atoms with E-state index in [-0.39, 0.29) is 11.8 Å². The first kappa shape index (κ1) is 14.4. The first-order valence-electron chi connectivity index (χ1n) is 6.93. The lowest BCUT2D eigenvalue weighted by Gasteiger charge is -2.27. The molecule has 1 atom stereocenters. The molecule has 9 nitrogen and oxygen atoms in total. The zero-order valence-corrected chi connectivity index (χ0v) is 11.6. The number of hydrogen-bond donors (Lipinski definition) is 4. The van der Waals surface area contributed by atoms with Gasteiger partial charge in [0.15, 0.2) is 5.76 Å². The summed E-state index contributed by atoms with van der Waals surface area (Å²) in [5.41, 5.74) is 2.99. The minimum absolute atomic E-state index is 0.215. The van der Waals surface area contributed by atoms with Gasteiger partial charge in [0.1, 0.15) is 23.9 Å². The molecule has 2 heterocycles. The van der Waals surface area contributed by atoms with Crippen molar-refractivity contribution >= 4 is 17.8 Å². The van der Waals surface area contributed by atoms with Gasteiger partial charge in [-0.15, -0.1) is 0 Å². The second kappa shape index (κ2) is 5.34. The van der Waals surface area contributed by atoms with Gasteiger partial charge in [0.05, 0.1) is 0 Å². The Morgan fingerprint density at radius 3 is 2.91 bits per heavy atom. The van der Waals surface area contributed by atoms with Crippen LogP contribution in [0.4, 0.5) is 0 Å². The largest absolute Gasteiger partial charge is 0.505 e. The van der Waals surface area contributed by atoms with Crippen molar-refractivity contribution < 1.29 is 29.4 Å². The maximum Gasteiger partial charge on any atom is 0.322 e. The van der Waals surface area contributed by atoms with Gasteiger partial charge in [-0.1, -0.05) is 6.42 Å². The number of carboxylic acids is 1. The van der Waals surface area contributed by atoms with Crippen LogP contribution in [-0.4, -0.2) is 45.8 Å². The first-order chi connectivity index (χ1) is 10.5. The summed E-state index contributed by atoms with van der Waals surface area (Å²) in [6.45, 7) is -0.641. The molecule has 0 aromatic rings. The van der Waals surface area contributed by atoms with E-state index in [0.717, 1.165) is 30.0 Å². The highest BCUT2D eigenvalue weighted by molar-refractivity contribution is 6.20. The summed E-state index contributed by atoms with van der Waals surface area (Å²) >= 11 is 0. The predicted molar refractivity (Wildman–Crippen MR) is 70.6 cm³/mol. The van der Waals surface area contributed by atoms with Crippen LogP contribution in [0, 0.1) is 0 Å². The van der Waals surface area contributed by atoms with Gasteiger partial charge in [-0.25, -0.2) is 10.3 Å². The molecule has 1 aliphatic carbocycles. The van der Waals surface area contributed by atoms with Crippen molar-refractivity contribution in [1.29, 1.82) is 0 Å². The first-order valence-corrected chi connectivity index (χ1v) is 6.93. The average Bonchev–Trinajstić information content (AvgIpc) is 2.83. The number of carboxylic acid groups (broad SMARTS) is 1. The molecular formula is C13H15N3O6. The summed E-state index contributed by atoms with van der Waals surface area (Å²) in [7, 11) is 0. The number of rotatable bonds is 3. The Morgan fingerprint density at radius 1 is 1.41 bits per heavy atom. The molecule has 0 spiro atoms. The van der Waals surface area contributed by atoms with Crippen molar-refractivity contribution in [2.75, 3.05) is 6.54 Å². The number of hydrazine groups is 1. The van der Waals surface area contributed by atoms with Crippen molar-refractivity contribution in [3.05, 3.63) is 22.6 Å². The Kier molecular flexibility index (Phi) is 3.49. The second-order valence-electron chi connectivity index (χ2n) is 5.25. The molecule has 0 aromatic carbocycles. The highest BCUT2D eigenvalue weighted by Gasteiger charge is 2.43. The van der Waals surface area contributed by atoms with Crippen LogP contribution in [-0.2, 0) is 19.2 Å². The smallest absolute Gasteiger partial charge is 0.322 e. The minimum Gasteiger partial charge on any atom is -0.505 e. The monoisotopic (exact) mass is 309 g/mol. The van der Waals surface area contributed by atoms with E-state index in [1.807, 2.05) is 0 Å². The van der Waals surface area contributed by atoms with Gasteiger partial charge in [0.25, 0.3) is 11.8 Å². The van der Waals surface area contributed by atoms with Gasteiger partial charge in [0.2, 0.25) is 0 Å². The molecule has 0 aromatic heterocycles. The molecule has 2 amide bonds. The van der Waals surface area contributed by atoms with Crippen LogP contribution < -0.4 is 10.7 Å². The molecule has 3 rings (SSSR count). The van der Waals surface area contributed by atoms with Crippen LogP contribution in [0.3, 0.4) is 0 Å². The lowest BCUT2D eigenvalue weighted by Crippen LogP contribution is -2.48. The molecule has 118 valence electrons. The van der Waals surface area contributed by atoms with Gasteiger partial charge < -0.3 is 15.5 Å². The molecular weight excluding hydrogens is 294 g/mol. The van der Waals surface area contributed by atoms with E-state index < -0.39 is 35.7 Å². The zero-order valence-electron chi connectivity index (χ0n) is 11.6. The van der Waals surface area contributed by atoms with Crippen molar-refractivity contribution in [2.45, 2.75) is 31.8 Å².